The molecule has 0 saturated heterocycles. The normalized spacial score (nSPS) is 10.9. The van der Waals surface area contributed by atoms with Gasteiger partial charge in [-0.1, -0.05) is 48.0 Å². The van der Waals surface area contributed by atoms with Gasteiger partial charge in [0.1, 0.15) is 34.7 Å². The predicted molar refractivity (Wildman–Crippen MR) is 124 cm³/mol. The minimum atomic E-state index is -0.516. The first-order valence-corrected chi connectivity index (χ1v) is 10.0. The summed E-state index contributed by atoms with van der Waals surface area (Å²) in [5, 5.41) is 12.2. The van der Waals surface area contributed by atoms with Crippen LogP contribution < -0.4 is 10.1 Å². The Morgan fingerprint density at radius 1 is 0.906 bits per heavy atom. The third-order valence-electron chi connectivity index (χ3n) is 4.71. The monoisotopic (exact) mass is 420 g/mol. The van der Waals surface area contributed by atoms with Crippen molar-refractivity contribution in [1.82, 2.24) is 0 Å². The van der Waals surface area contributed by atoms with Crippen LogP contribution in [0.25, 0.3) is 17.4 Å². The van der Waals surface area contributed by atoms with Crippen LogP contribution in [0.4, 0.5) is 5.69 Å². The second-order valence-electron chi connectivity index (χ2n) is 7.13. The molecular weight excluding hydrogens is 400 g/mol. The molecule has 4 rings (SSSR count). The molecule has 0 aliphatic rings. The van der Waals surface area contributed by atoms with Crippen LogP contribution in [0, 0.1) is 18.3 Å². The zero-order valence-corrected chi connectivity index (χ0v) is 17.4. The lowest BCUT2D eigenvalue weighted by Gasteiger charge is -2.07. The van der Waals surface area contributed by atoms with Crippen LogP contribution in [0.3, 0.4) is 0 Å². The Morgan fingerprint density at radius 2 is 1.59 bits per heavy atom. The van der Waals surface area contributed by atoms with E-state index in [2.05, 4.69) is 5.32 Å². The third kappa shape index (κ3) is 5.13. The quantitative estimate of drug-likeness (QED) is 0.282. The van der Waals surface area contributed by atoms with E-state index in [1.165, 1.54) is 6.08 Å². The van der Waals surface area contributed by atoms with E-state index in [0.29, 0.717) is 23.0 Å². The van der Waals surface area contributed by atoms with Gasteiger partial charge in [-0.3, -0.25) is 4.79 Å². The van der Waals surface area contributed by atoms with E-state index < -0.39 is 5.91 Å². The van der Waals surface area contributed by atoms with Crippen molar-refractivity contribution >= 4 is 17.7 Å². The number of nitrogens with one attached hydrogen (secondary N) is 1. The van der Waals surface area contributed by atoms with Crippen LogP contribution in [-0.2, 0) is 4.79 Å². The lowest BCUT2D eigenvalue weighted by molar-refractivity contribution is -0.112. The van der Waals surface area contributed by atoms with Crippen molar-refractivity contribution in [2.75, 3.05) is 5.32 Å². The van der Waals surface area contributed by atoms with E-state index in [9.17, 15) is 10.1 Å². The molecule has 156 valence electrons. The molecule has 0 unspecified atom stereocenters. The summed E-state index contributed by atoms with van der Waals surface area (Å²) in [5.74, 6) is 1.95. The number of amides is 1. The minimum absolute atomic E-state index is 0.0561. The van der Waals surface area contributed by atoms with E-state index in [0.717, 1.165) is 16.9 Å². The lowest BCUT2D eigenvalue weighted by Crippen LogP contribution is -2.13. The highest BCUT2D eigenvalue weighted by Gasteiger charge is 2.12. The van der Waals surface area contributed by atoms with Crippen LogP contribution in [0.5, 0.6) is 11.5 Å². The maximum absolute atomic E-state index is 12.6. The maximum atomic E-state index is 12.6. The zero-order chi connectivity index (χ0) is 22.3. The highest BCUT2D eigenvalue weighted by Crippen LogP contribution is 2.25. The first kappa shape index (κ1) is 20.7. The van der Waals surface area contributed by atoms with Crippen molar-refractivity contribution in [1.29, 1.82) is 5.26 Å². The molecule has 32 heavy (non-hydrogen) atoms. The lowest BCUT2D eigenvalue weighted by atomic mass is 10.1. The molecule has 0 bridgehead atoms. The molecule has 5 nitrogen and oxygen atoms in total. The Kier molecular flexibility index (Phi) is 6.15. The summed E-state index contributed by atoms with van der Waals surface area (Å²) in [7, 11) is 0. The van der Waals surface area contributed by atoms with Gasteiger partial charge in [-0.15, -0.1) is 0 Å². The molecule has 1 amide bonds. The van der Waals surface area contributed by atoms with Gasteiger partial charge in [0.05, 0.1) is 0 Å². The summed E-state index contributed by atoms with van der Waals surface area (Å²) >= 11 is 0. The van der Waals surface area contributed by atoms with Gasteiger partial charge in [0.25, 0.3) is 5.91 Å². The first-order chi connectivity index (χ1) is 15.6. The fourth-order valence-electron chi connectivity index (χ4n) is 3.02. The molecule has 1 N–H and O–H groups in total. The SMILES string of the molecule is Cc1ccc(-c2ccc(/C=C(\C#N)C(=O)Nc3ccc(Oc4ccccc4)cc3)o2)cc1. The van der Waals surface area contributed by atoms with Crippen molar-refractivity contribution in [3.8, 4) is 28.9 Å². The molecule has 5 heteroatoms. The summed E-state index contributed by atoms with van der Waals surface area (Å²) in [4.78, 5) is 12.6. The Hall–Kier alpha value is -4.56. The van der Waals surface area contributed by atoms with Gasteiger partial charge in [-0.05, 0) is 55.5 Å². The summed E-state index contributed by atoms with van der Waals surface area (Å²) in [6.45, 7) is 2.02. The van der Waals surface area contributed by atoms with Crippen LogP contribution in [-0.4, -0.2) is 5.91 Å². The molecule has 3 aromatic carbocycles. The summed E-state index contributed by atoms with van der Waals surface area (Å²) in [6.07, 6.45) is 1.43. The largest absolute Gasteiger partial charge is 0.457 e. The average Bonchev–Trinajstić information content (AvgIpc) is 3.28. The van der Waals surface area contributed by atoms with Gasteiger partial charge in [-0.25, -0.2) is 0 Å². The number of nitriles is 1. The number of furan rings is 1. The van der Waals surface area contributed by atoms with Gasteiger partial charge in [0, 0.05) is 17.3 Å². The van der Waals surface area contributed by atoms with E-state index in [4.69, 9.17) is 9.15 Å². The van der Waals surface area contributed by atoms with E-state index >= 15 is 0 Å². The number of benzene rings is 3. The Morgan fingerprint density at radius 3 is 2.28 bits per heavy atom. The number of hydrogen-bond acceptors (Lipinski definition) is 4. The van der Waals surface area contributed by atoms with E-state index in [1.54, 1.807) is 30.3 Å². The van der Waals surface area contributed by atoms with E-state index in [1.807, 2.05) is 73.7 Å². The van der Waals surface area contributed by atoms with Crippen LogP contribution in [0.1, 0.15) is 11.3 Å². The van der Waals surface area contributed by atoms with Gasteiger partial charge in [-0.2, -0.15) is 5.26 Å². The number of carbonyl (C=O) groups is 1. The topological polar surface area (TPSA) is 75.3 Å². The fourth-order valence-corrected chi connectivity index (χ4v) is 3.02. The highest BCUT2D eigenvalue weighted by atomic mass is 16.5. The van der Waals surface area contributed by atoms with Crippen molar-refractivity contribution < 1.29 is 13.9 Å². The molecule has 1 heterocycles. The Labute approximate surface area is 186 Å². The maximum Gasteiger partial charge on any atom is 0.266 e. The van der Waals surface area contributed by atoms with Crippen LogP contribution in [0.15, 0.2) is 101 Å². The molecule has 4 aromatic rings. The second-order valence-corrected chi connectivity index (χ2v) is 7.13. The number of para-hydroxylation sites is 1. The molecule has 0 aliphatic heterocycles. The van der Waals surface area contributed by atoms with E-state index in [-0.39, 0.29) is 5.57 Å². The average molecular weight is 420 g/mol. The summed E-state index contributed by atoms with van der Waals surface area (Å²) < 4.78 is 11.5. The highest BCUT2D eigenvalue weighted by molar-refractivity contribution is 6.09. The smallest absolute Gasteiger partial charge is 0.266 e. The summed E-state index contributed by atoms with van der Waals surface area (Å²) in [6, 6.07) is 29.7. The number of ether oxygens (including phenoxy) is 1. The first-order valence-electron chi connectivity index (χ1n) is 10.0. The Balaban J connectivity index is 1.43. The zero-order valence-electron chi connectivity index (χ0n) is 17.4. The van der Waals surface area contributed by atoms with Gasteiger partial charge in [0.15, 0.2) is 0 Å². The summed E-state index contributed by atoms with van der Waals surface area (Å²) in [5.41, 5.74) is 2.58. The van der Waals surface area contributed by atoms with Gasteiger partial charge < -0.3 is 14.5 Å². The number of aryl methyl sites for hydroxylation is 1. The Bertz CT molecular complexity index is 1280. The van der Waals surface area contributed by atoms with Crippen molar-refractivity contribution in [2.24, 2.45) is 0 Å². The predicted octanol–water partition coefficient (Wildman–Crippen LogP) is 6.59. The number of anilines is 1. The van der Waals surface area contributed by atoms with Gasteiger partial charge >= 0.3 is 0 Å². The van der Waals surface area contributed by atoms with Crippen molar-refractivity contribution in [3.63, 3.8) is 0 Å². The van der Waals surface area contributed by atoms with Crippen molar-refractivity contribution in [2.45, 2.75) is 6.92 Å². The van der Waals surface area contributed by atoms with Crippen LogP contribution >= 0.6 is 0 Å². The number of nitrogens with zero attached hydrogens (tertiary/aromatic N) is 1. The number of carbonyl (C=O) groups excluding carboxylic acids is 1. The number of rotatable bonds is 6. The molecule has 1 aromatic heterocycles. The molecular formula is C27H20N2O3. The molecule has 0 atom stereocenters. The molecule has 0 saturated carbocycles. The molecule has 0 aliphatic carbocycles. The number of hydrogen-bond donors (Lipinski definition) is 1. The third-order valence-corrected chi connectivity index (χ3v) is 4.71. The molecule has 0 spiro atoms. The van der Waals surface area contributed by atoms with Gasteiger partial charge in [0.2, 0.25) is 0 Å². The standard InChI is InChI=1S/C27H20N2O3/c1-19-7-9-20(10-8-19)26-16-15-25(32-26)17-21(18-28)27(30)29-22-11-13-24(14-12-22)31-23-5-3-2-4-6-23/h2-17H,1H3,(H,29,30)/b21-17+. The fraction of sp³-hybridized carbons (Fsp3) is 0.0370. The minimum Gasteiger partial charge on any atom is -0.457 e. The van der Waals surface area contributed by atoms with Crippen molar-refractivity contribution in [3.05, 3.63) is 108 Å². The molecule has 0 fully saturated rings. The molecule has 0 radical (unpaired) electrons. The second kappa shape index (κ2) is 9.50. The van der Waals surface area contributed by atoms with Crippen LogP contribution in [0.2, 0.25) is 0 Å².